The fraction of sp³-hybridized carbons (Fsp3) is 0.571. The van der Waals surface area contributed by atoms with Gasteiger partial charge in [0.25, 0.3) is 0 Å². The molecule has 2 aliphatic rings. The van der Waals surface area contributed by atoms with Crippen LogP contribution in [0.3, 0.4) is 0 Å². The number of carbonyl (C=O) groups is 3. The molecule has 0 N–H and O–H groups in total. The molecule has 1 heterocycles. The van der Waals surface area contributed by atoms with Crippen LogP contribution < -0.4 is 0 Å². The second kappa shape index (κ2) is 8.55. The predicted molar refractivity (Wildman–Crippen MR) is 99.5 cm³/mol. The molecule has 1 saturated heterocycles. The smallest absolute Gasteiger partial charge is 0.334 e. The SMILES string of the molecule is C=C1C(=O)O[C@H]2/C=C(/C)[C@H](OC(C)=O)C/C=C(\C)C[C@H](OC(=O)C(C)C)[C@H]12. The number of hydrogen-bond donors (Lipinski definition) is 0. The first-order valence-electron chi connectivity index (χ1n) is 9.21. The van der Waals surface area contributed by atoms with E-state index in [0.717, 1.165) is 11.1 Å². The van der Waals surface area contributed by atoms with Gasteiger partial charge >= 0.3 is 17.9 Å². The molecule has 1 fully saturated rings. The molecule has 0 bridgehead atoms. The Morgan fingerprint density at radius 3 is 2.52 bits per heavy atom. The quantitative estimate of drug-likeness (QED) is 0.326. The summed E-state index contributed by atoms with van der Waals surface area (Å²) < 4.78 is 16.6. The van der Waals surface area contributed by atoms with Gasteiger partial charge < -0.3 is 14.2 Å². The van der Waals surface area contributed by atoms with Crippen molar-refractivity contribution in [2.24, 2.45) is 11.8 Å². The Kier molecular flexibility index (Phi) is 6.63. The van der Waals surface area contributed by atoms with E-state index in [1.54, 1.807) is 19.9 Å². The first-order valence-corrected chi connectivity index (χ1v) is 9.21. The summed E-state index contributed by atoms with van der Waals surface area (Å²) in [6.45, 7) is 12.5. The second-order valence-corrected chi connectivity index (χ2v) is 7.55. The minimum Gasteiger partial charge on any atom is -0.461 e. The van der Waals surface area contributed by atoms with Gasteiger partial charge in [0, 0.05) is 25.3 Å². The molecular weight excluding hydrogens is 348 g/mol. The zero-order valence-electron chi connectivity index (χ0n) is 16.6. The van der Waals surface area contributed by atoms with Crippen LogP contribution in [0.5, 0.6) is 0 Å². The van der Waals surface area contributed by atoms with Gasteiger partial charge in [-0.15, -0.1) is 0 Å². The zero-order valence-corrected chi connectivity index (χ0v) is 16.6. The van der Waals surface area contributed by atoms with Crippen LogP contribution in [0.2, 0.25) is 0 Å². The standard InChI is InChI=1S/C21H28O6/c1-11(2)20(23)26-17-9-12(3)7-8-16(25-15(6)22)13(4)10-18-19(17)14(5)21(24)27-18/h7,10-11,16-19H,5,8-9H2,1-4,6H3/b12-7+,13-10-/t16-,17+,18+,19+/m1/s1. The van der Waals surface area contributed by atoms with Crippen molar-refractivity contribution in [1.82, 2.24) is 0 Å². The third-order valence-electron chi connectivity index (χ3n) is 4.85. The Morgan fingerprint density at radius 1 is 1.26 bits per heavy atom. The fourth-order valence-corrected chi connectivity index (χ4v) is 3.31. The molecule has 0 radical (unpaired) electrons. The Hall–Kier alpha value is -2.37. The average Bonchev–Trinajstić information content (AvgIpc) is 2.83. The minimum absolute atomic E-state index is 0.278. The monoisotopic (exact) mass is 376 g/mol. The maximum Gasteiger partial charge on any atom is 0.334 e. The van der Waals surface area contributed by atoms with Crippen molar-refractivity contribution < 1.29 is 28.6 Å². The van der Waals surface area contributed by atoms with Gasteiger partial charge in [-0.3, -0.25) is 9.59 Å². The molecule has 1 aliphatic heterocycles. The van der Waals surface area contributed by atoms with Crippen LogP contribution in [0.15, 0.2) is 35.5 Å². The molecule has 0 spiro atoms. The number of fused-ring (bicyclic) bond motifs is 1. The van der Waals surface area contributed by atoms with Crippen molar-refractivity contribution in [3.63, 3.8) is 0 Å². The summed E-state index contributed by atoms with van der Waals surface area (Å²) in [6.07, 6.45) is 3.12. The van der Waals surface area contributed by atoms with Crippen LogP contribution in [0.4, 0.5) is 0 Å². The van der Waals surface area contributed by atoms with Crippen LogP contribution in [0.25, 0.3) is 0 Å². The molecule has 0 saturated carbocycles. The zero-order chi connectivity index (χ0) is 20.3. The maximum absolute atomic E-state index is 12.2. The number of carbonyl (C=O) groups excluding carboxylic acids is 3. The van der Waals surface area contributed by atoms with Crippen LogP contribution in [0, 0.1) is 11.8 Å². The van der Waals surface area contributed by atoms with Crippen molar-refractivity contribution in [2.75, 3.05) is 0 Å². The highest BCUT2D eigenvalue weighted by molar-refractivity contribution is 5.91. The third-order valence-corrected chi connectivity index (χ3v) is 4.85. The predicted octanol–water partition coefficient (Wildman–Crippen LogP) is 3.27. The molecule has 1 aliphatic carbocycles. The van der Waals surface area contributed by atoms with E-state index < -0.39 is 30.2 Å². The molecular formula is C21H28O6. The van der Waals surface area contributed by atoms with E-state index in [1.165, 1.54) is 6.92 Å². The Labute approximate surface area is 160 Å². The van der Waals surface area contributed by atoms with E-state index >= 15 is 0 Å². The van der Waals surface area contributed by atoms with Crippen molar-refractivity contribution in [2.45, 2.75) is 65.8 Å². The molecule has 0 aromatic rings. The Morgan fingerprint density at radius 2 is 1.93 bits per heavy atom. The van der Waals surface area contributed by atoms with E-state index in [4.69, 9.17) is 14.2 Å². The normalized spacial score (nSPS) is 32.5. The molecule has 6 nitrogen and oxygen atoms in total. The minimum atomic E-state index is -0.612. The molecule has 0 amide bonds. The van der Waals surface area contributed by atoms with Crippen LogP contribution in [0.1, 0.15) is 47.5 Å². The van der Waals surface area contributed by atoms with Gasteiger partial charge in [0.15, 0.2) is 0 Å². The number of rotatable bonds is 3. The van der Waals surface area contributed by atoms with Crippen molar-refractivity contribution in [3.8, 4) is 0 Å². The van der Waals surface area contributed by atoms with Crippen LogP contribution in [-0.2, 0) is 28.6 Å². The number of hydrogen-bond acceptors (Lipinski definition) is 6. The van der Waals surface area contributed by atoms with E-state index in [1.807, 2.05) is 19.9 Å². The van der Waals surface area contributed by atoms with E-state index in [-0.39, 0.29) is 17.9 Å². The summed E-state index contributed by atoms with van der Waals surface area (Å²) in [5, 5.41) is 0. The van der Waals surface area contributed by atoms with E-state index in [9.17, 15) is 14.4 Å². The summed E-state index contributed by atoms with van der Waals surface area (Å²) in [5.41, 5.74) is 2.06. The van der Waals surface area contributed by atoms with Crippen molar-refractivity contribution in [3.05, 3.63) is 35.5 Å². The summed E-state index contributed by atoms with van der Waals surface area (Å²) >= 11 is 0. The lowest BCUT2D eigenvalue weighted by molar-refractivity contribution is -0.155. The van der Waals surface area contributed by atoms with Crippen molar-refractivity contribution >= 4 is 17.9 Å². The summed E-state index contributed by atoms with van der Waals surface area (Å²) in [5.74, 6) is -1.95. The van der Waals surface area contributed by atoms with Gasteiger partial charge in [-0.1, -0.05) is 32.1 Å². The van der Waals surface area contributed by atoms with Gasteiger partial charge in [0.2, 0.25) is 0 Å². The lowest BCUT2D eigenvalue weighted by Gasteiger charge is -2.29. The third kappa shape index (κ3) is 5.08. The fourth-order valence-electron chi connectivity index (χ4n) is 3.31. The van der Waals surface area contributed by atoms with Gasteiger partial charge in [-0.05, 0) is 25.5 Å². The Balaban J connectivity index is 2.42. The largest absolute Gasteiger partial charge is 0.461 e. The van der Waals surface area contributed by atoms with Gasteiger partial charge in [-0.25, -0.2) is 4.79 Å². The lowest BCUT2D eigenvalue weighted by atomic mass is 9.85. The molecule has 27 heavy (non-hydrogen) atoms. The molecule has 6 heteroatoms. The van der Waals surface area contributed by atoms with Gasteiger partial charge in [-0.2, -0.15) is 0 Å². The topological polar surface area (TPSA) is 78.9 Å². The lowest BCUT2D eigenvalue weighted by Crippen LogP contribution is -2.35. The summed E-state index contributed by atoms with van der Waals surface area (Å²) in [6, 6.07) is 0. The van der Waals surface area contributed by atoms with Crippen LogP contribution >= 0.6 is 0 Å². The highest BCUT2D eigenvalue weighted by atomic mass is 16.6. The van der Waals surface area contributed by atoms with Gasteiger partial charge in [0.05, 0.1) is 11.8 Å². The van der Waals surface area contributed by atoms with E-state index in [2.05, 4.69) is 6.58 Å². The molecule has 0 aromatic heterocycles. The van der Waals surface area contributed by atoms with E-state index in [0.29, 0.717) is 18.4 Å². The molecule has 148 valence electrons. The van der Waals surface area contributed by atoms with Crippen LogP contribution in [-0.4, -0.2) is 36.2 Å². The maximum atomic E-state index is 12.2. The second-order valence-electron chi connectivity index (χ2n) is 7.55. The molecule has 0 unspecified atom stereocenters. The van der Waals surface area contributed by atoms with Crippen molar-refractivity contribution in [1.29, 1.82) is 0 Å². The molecule has 4 atom stereocenters. The highest BCUT2D eigenvalue weighted by Crippen LogP contribution is 2.36. The molecule has 2 rings (SSSR count). The summed E-state index contributed by atoms with van der Waals surface area (Å²) in [7, 11) is 0. The number of esters is 3. The molecule has 0 aromatic carbocycles. The summed E-state index contributed by atoms with van der Waals surface area (Å²) in [4.78, 5) is 35.8. The number of ether oxygens (including phenoxy) is 3. The Bertz CT molecular complexity index is 699. The average molecular weight is 376 g/mol. The first-order chi connectivity index (χ1) is 12.6. The van der Waals surface area contributed by atoms with Gasteiger partial charge in [0.1, 0.15) is 18.3 Å². The first kappa shape index (κ1) is 20.9. The highest BCUT2D eigenvalue weighted by Gasteiger charge is 2.44.